The van der Waals surface area contributed by atoms with E-state index >= 15 is 0 Å². The highest BCUT2D eigenvalue weighted by Gasteiger charge is 2.35. The Hall–Kier alpha value is -2.61. The summed E-state index contributed by atoms with van der Waals surface area (Å²) in [6, 6.07) is 14.9. The first-order valence-corrected chi connectivity index (χ1v) is 11.0. The maximum Gasteiger partial charge on any atom is 0.421 e. The number of nitrogens with one attached hydrogen (secondary N) is 2. The molecular formula is C23H22BrF3N4. The molecule has 2 N–H and O–H groups in total. The molecule has 0 unspecified atom stereocenters. The van der Waals surface area contributed by atoms with Gasteiger partial charge in [0, 0.05) is 16.4 Å². The molecule has 0 radical (unpaired) electrons. The number of hydrogen-bond acceptors (Lipinski definition) is 4. The molecule has 31 heavy (non-hydrogen) atoms. The van der Waals surface area contributed by atoms with Crippen molar-refractivity contribution in [3.63, 3.8) is 0 Å². The van der Waals surface area contributed by atoms with Gasteiger partial charge in [-0.3, -0.25) is 0 Å². The molecule has 162 valence electrons. The predicted octanol–water partition coefficient (Wildman–Crippen LogP) is 7.79. The second-order valence-corrected chi connectivity index (χ2v) is 8.49. The number of para-hydroxylation sites is 1. The van der Waals surface area contributed by atoms with Crippen LogP contribution in [0.4, 0.5) is 36.3 Å². The molecule has 1 heterocycles. The highest BCUT2D eigenvalue weighted by molar-refractivity contribution is 9.10. The topological polar surface area (TPSA) is 49.8 Å². The Kier molecular flexibility index (Phi) is 6.46. The molecule has 4 rings (SSSR count). The van der Waals surface area contributed by atoms with Crippen LogP contribution >= 0.6 is 15.9 Å². The lowest BCUT2D eigenvalue weighted by Crippen LogP contribution is -2.12. The van der Waals surface area contributed by atoms with Crippen LogP contribution in [0, 0.1) is 0 Å². The number of rotatable bonds is 5. The standard InChI is InChI=1S/C23H22BrF3N4/c24-19-8-4-5-9-20(19)30-21-18(23(25,26)27)14-28-22(31-21)29-17-12-10-16(11-13-17)15-6-2-1-3-7-15/h4-5,8-15H,1-3,6-7H2,(H2,28,29,30,31). The van der Waals surface area contributed by atoms with Crippen LogP contribution in [0.5, 0.6) is 0 Å². The molecule has 0 spiro atoms. The fraction of sp³-hybridized carbons (Fsp3) is 0.304. The fourth-order valence-electron chi connectivity index (χ4n) is 3.84. The average Bonchev–Trinajstić information content (AvgIpc) is 2.76. The van der Waals surface area contributed by atoms with Crippen molar-refractivity contribution in [1.29, 1.82) is 0 Å². The van der Waals surface area contributed by atoms with Crippen molar-refractivity contribution in [1.82, 2.24) is 9.97 Å². The molecule has 8 heteroatoms. The SMILES string of the molecule is FC(F)(F)c1cnc(Nc2ccc(C3CCCCC3)cc2)nc1Nc1ccccc1Br. The zero-order valence-corrected chi connectivity index (χ0v) is 18.3. The van der Waals surface area contributed by atoms with Crippen LogP contribution in [0.25, 0.3) is 0 Å². The average molecular weight is 491 g/mol. The summed E-state index contributed by atoms with van der Waals surface area (Å²) in [6.07, 6.45) is 2.46. The van der Waals surface area contributed by atoms with E-state index in [0.29, 0.717) is 16.1 Å². The molecule has 1 saturated carbocycles. The van der Waals surface area contributed by atoms with E-state index < -0.39 is 11.7 Å². The van der Waals surface area contributed by atoms with Crippen molar-refractivity contribution in [3.8, 4) is 0 Å². The molecule has 4 nitrogen and oxygen atoms in total. The second kappa shape index (κ2) is 9.26. The first-order chi connectivity index (χ1) is 14.9. The van der Waals surface area contributed by atoms with Crippen LogP contribution in [-0.4, -0.2) is 9.97 Å². The smallest absolute Gasteiger partial charge is 0.339 e. The zero-order valence-electron chi connectivity index (χ0n) is 16.7. The first-order valence-electron chi connectivity index (χ1n) is 10.2. The lowest BCUT2D eigenvalue weighted by atomic mass is 9.84. The van der Waals surface area contributed by atoms with Crippen LogP contribution in [0.15, 0.2) is 59.2 Å². The highest BCUT2D eigenvalue weighted by Crippen LogP contribution is 2.37. The lowest BCUT2D eigenvalue weighted by molar-refractivity contribution is -0.137. The van der Waals surface area contributed by atoms with Crippen LogP contribution in [-0.2, 0) is 6.18 Å². The van der Waals surface area contributed by atoms with Crippen molar-refractivity contribution in [2.45, 2.75) is 44.2 Å². The number of hydrogen-bond donors (Lipinski definition) is 2. The Balaban J connectivity index is 1.56. The summed E-state index contributed by atoms with van der Waals surface area (Å²) in [5.41, 5.74) is 1.58. The number of aromatic nitrogens is 2. The van der Waals surface area contributed by atoms with Gasteiger partial charge in [-0.05, 0) is 64.5 Å². The number of alkyl halides is 3. The second-order valence-electron chi connectivity index (χ2n) is 7.64. The van der Waals surface area contributed by atoms with E-state index in [9.17, 15) is 13.2 Å². The van der Waals surface area contributed by atoms with Gasteiger partial charge in [-0.1, -0.05) is 43.5 Å². The van der Waals surface area contributed by atoms with Crippen molar-refractivity contribution < 1.29 is 13.2 Å². The fourth-order valence-corrected chi connectivity index (χ4v) is 4.22. The van der Waals surface area contributed by atoms with Gasteiger partial charge < -0.3 is 10.6 Å². The molecule has 3 aromatic rings. The monoisotopic (exact) mass is 490 g/mol. The van der Waals surface area contributed by atoms with Gasteiger partial charge in [-0.2, -0.15) is 18.2 Å². The van der Waals surface area contributed by atoms with Gasteiger partial charge in [0.15, 0.2) is 0 Å². The molecule has 2 aromatic carbocycles. The summed E-state index contributed by atoms with van der Waals surface area (Å²) in [7, 11) is 0. The number of halogens is 4. The van der Waals surface area contributed by atoms with Crippen molar-refractivity contribution in [3.05, 3.63) is 70.3 Å². The third kappa shape index (κ3) is 5.36. The summed E-state index contributed by atoms with van der Waals surface area (Å²) in [4.78, 5) is 7.99. The minimum absolute atomic E-state index is 0.0907. The van der Waals surface area contributed by atoms with Gasteiger partial charge in [0.1, 0.15) is 11.4 Å². The first kappa shape index (κ1) is 21.6. The quantitative estimate of drug-likeness (QED) is 0.383. The van der Waals surface area contributed by atoms with E-state index in [2.05, 4.69) is 48.7 Å². The largest absolute Gasteiger partial charge is 0.421 e. The molecule has 1 aliphatic rings. The molecule has 0 atom stereocenters. The Morgan fingerprint density at radius 1 is 0.903 bits per heavy atom. The van der Waals surface area contributed by atoms with Crippen molar-refractivity contribution in [2.75, 3.05) is 10.6 Å². The minimum atomic E-state index is -4.58. The number of anilines is 4. The van der Waals surface area contributed by atoms with Crippen LogP contribution in [0.1, 0.15) is 49.1 Å². The molecule has 0 amide bonds. The molecule has 1 aromatic heterocycles. The summed E-state index contributed by atoms with van der Waals surface area (Å²) in [5, 5.41) is 5.78. The lowest BCUT2D eigenvalue weighted by Gasteiger charge is -2.22. The number of benzene rings is 2. The van der Waals surface area contributed by atoms with Crippen molar-refractivity contribution in [2.24, 2.45) is 0 Å². The van der Waals surface area contributed by atoms with Crippen molar-refractivity contribution >= 4 is 39.1 Å². The van der Waals surface area contributed by atoms with Gasteiger partial charge in [0.05, 0.1) is 5.69 Å². The zero-order chi connectivity index (χ0) is 21.8. The Bertz CT molecular complexity index is 1030. The van der Waals surface area contributed by atoms with Gasteiger partial charge in [0.2, 0.25) is 5.95 Å². The Morgan fingerprint density at radius 2 is 1.61 bits per heavy atom. The minimum Gasteiger partial charge on any atom is -0.339 e. The van der Waals surface area contributed by atoms with Crippen LogP contribution < -0.4 is 10.6 Å². The Labute approximate surface area is 187 Å². The third-order valence-electron chi connectivity index (χ3n) is 5.46. The van der Waals surface area contributed by atoms with Crippen LogP contribution in [0.2, 0.25) is 0 Å². The number of nitrogens with zero attached hydrogens (tertiary/aromatic N) is 2. The van der Waals surface area contributed by atoms with E-state index in [4.69, 9.17) is 0 Å². The van der Waals surface area contributed by atoms with Gasteiger partial charge in [0.25, 0.3) is 0 Å². The molecule has 0 saturated heterocycles. The molecule has 0 aliphatic heterocycles. The summed E-state index contributed by atoms with van der Waals surface area (Å²) < 4.78 is 41.1. The third-order valence-corrected chi connectivity index (χ3v) is 6.16. The summed E-state index contributed by atoms with van der Waals surface area (Å²) >= 11 is 3.34. The summed E-state index contributed by atoms with van der Waals surface area (Å²) in [5.74, 6) is 0.369. The van der Waals surface area contributed by atoms with E-state index in [1.807, 2.05) is 12.1 Å². The molecule has 1 aliphatic carbocycles. The van der Waals surface area contributed by atoms with E-state index in [0.717, 1.165) is 11.9 Å². The molecule has 0 bridgehead atoms. The maximum absolute atomic E-state index is 13.5. The predicted molar refractivity (Wildman–Crippen MR) is 120 cm³/mol. The highest BCUT2D eigenvalue weighted by atomic mass is 79.9. The van der Waals surface area contributed by atoms with Gasteiger partial charge in [-0.25, -0.2) is 4.98 Å². The van der Waals surface area contributed by atoms with Crippen LogP contribution in [0.3, 0.4) is 0 Å². The van der Waals surface area contributed by atoms with E-state index in [-0.39, 0.29) is 11.8 Å². The normalized spacial score (nSPS) is 15.0. The van der Waals surface area contributed by atoms with Gasteiger partial charge >= 0.3 is 6.18 Å². The van der Waals surface area contributed by atoms with Gasteiger partial charge in [-0.15, -0.1) is 0 Å². The summed E-state index contributed by atoms with van der Waals surface area (Å²) in [6.45, 7) is 0. The molecule has 1 fully saturated rings. The van der Waals surface area contributed by atoms with E-state index in [1.165, 1.54) is 37.7 Å². The Morgan fingerprint density at radius 3 is 2.29 bits per heavy atom. The molecular weight excluding hydrogens is 469 g/mol. The van der Waals surface area contributed by atoms with E-state index in [1.54, 1.807) is 24.3 Å². The maximum atomic E-state index is 13.5.